The number of aryl methyl sites for hydroxylation is 1. The normalized spacial score (nSPS) is 44.4. The van der Waals surface area contributed by atoms with E-state index < -0.39 is 0 Å². The van der Waals surface area contributed by atoms with Gasteiger partial charge >= 0.3 is 0 Å². The van der Waals surface area contributed by atoms with Gasteiger partial charge < -0.3 is 0 Å². The highest BCUT2D eigenvalue weighted by Gasteiger charge is 2.84. The maximum Gasteiger partial charge on any atom is 0.0672 e. The Morgan fingerprint density at radius 1 is 1.33 bits per heavy atom. The van der Waals surface area contributed by atoms with E-state index in [1.165, 1.54) is 42.6 Å². The van der Waals surface area contributed by atoms with E-state index in [1.54, 1.807) is 11.1 Å². The van der Waals surface area contributed by atoms with Crippen LogP contribution >= 0.6 is 0 Å². The van der Waals surface area contributed by atoms with Crippen molar-refractivity contribution < 1.29 is 0 Å². The van der Waals surface area contributed by atoms with Crippen LogP contribution in [0.5, 0.6) is 0 Å². The smallest absolute Gasteiger partial charge is 0.0672 e. The molecule has 2 fully saturated rings. The van der Waals surface area contributed by atoms with Crippen molar-refractivity contribution in [3.05, 3.63) is 28.8 Å². The summed E-state index contributed by atoms with van der Waals surface area (Å²) >= 11 is 0. The van der Waals surface area contributed by atoms with Crippen molar-refractivity contribution in [2.75, 3.05) is 0 Å². The van der Waals surface area contributed by atoms with E-state index in [0.717, 1.165) is 17.8 Å². The molecule has 4 aliphatic rings. The number of aliphatic imine (C=N–C) groups is 1. The minimum absolute atomic E-state index is 0.384. The molecule has 0 N–H and O–H groups in total. The highest BCUT2D eigenvalue weighted by atomic mass is 15.0. The molecule has 0 aromatic heterocycles. The van der Waals surface area contributed by atoms with Crippen LogP contribution in [0, 0.1) is 23.2 Å². The van der Waals surface area contributed by atoms with Gasteiger partial charge in [0.15, 0.2) is 0 Å². The quantitative estimate of drug-likeness (QED) is 0.735. The zero-order chi connectivity index (χ0) is 14.6. The van der Waals surface area contributed by atoms with Crippen LogP contribution in [0.3, 0.4) is 0 Å². The minimum Gasteiger partial charge on any atom is -0.257 e. The Hall–Kier alpha value is -1.11. The molecule has 0 radical (unpaired) electrons. The van der Waals surface area contributed by atoms with Gasteiger partial charge in [0.05, 0.1) is 5.69 Å². The highest BCUT2D eigenvalue weighted by molar-refractivity contribution is 6.00. The molecule has 5 atom stereocenters. The molecule has 5 rings (SSSR count). The Morgan fingerprint density at radius 3 is 2.90 bits per heavy atom. The first-order chi connectivity index (χ1) is 10.0. The van der Waals surface area contributed by atoms with Crippen molar-refractivity contribution in [1.29, 1.82) is 0 Å². The van der Waals surface area contributed by atoms with E-state index in [1.807, 2.05) is 0 Å². The lowest BCUT2D eigenvalue weighted by Gasteiger charge is -2.32. The largest absolute Gasteiger partial charge is 0.257 e. The van der Waals surface area contributed by atoms with Crippen LogP contribution in [0.4, 0.5) is 5.69 Å². The van der Waals surface area contributed by atoms with Gasteiger partial charge in [-0.15, -0.1) is 0 Å². The number of hydrogen-bond donors (Lipinski definition) is 0. The Bertz CT molecular complexity index is 700. The molecule has 0 bridgehead atoms. The maximum atomic E-state index is 5.09. The Labute approximate surface area is 127 Å². The molecule has 3 aliphatic carbocycles. The van der Waals surface area contributed by atoms with Crippen LogP contribution in [0.15, 0.2) is 17.1 Å². The first-order valence-corrected chi connectivity index (χ1v) is 8.77. The second-order valence-corrected chi connectivity index (χ2v) is 8.24. The Morgan fingerprint density at radius 2 is 2.14 bits per heavy atom. The van der Waals surface area contributed by atoms with Crippen LogP contribution in [0.25, 0.3) is 0 Å². The van der Waals surface area contributed by atoms with Crippen LogP contribution < -0.4 is 0 Å². The lowest BCUT2D eigenvalue weighted by atomic mass is 9.73. The minimum atomic E-state index is 0.384. The van der Waals surface area contributed by atoms with Gasteiger partial charge in [0, 0.05) is 16.5 Å². The summed E-state index contributed by atoms with van der Waals surface area (Å²) in [7, 11) is 0. The molecule has 1 aromatic carbocycles. The average molecular weight is 279 g/mol. The molecule has 1 aromatic rings. The fraction of sp³-hybridized carbons (Fsp3) is 0.650. The third kappa shape index (κ3) is 1.07. The van der Waals surface area contributed by atoms with Crippen molar-refractivity contribution in [1.82, 2.24) is 0 Å². The van der Waals surface area contributed by atoms with Gasteiger partial charge in [-0.05, 0) is 66.7 Å². The highest BCUT2D eigenvalue weighted by Crippen LogP contribution is 2.85. The standard InChI is InChI=1S/C20H25N/c1-5-6-13-8-14-10-15-11(2)7-17-19(4)12(3)21-16(9-13)18(14)20(15,17)19/h8-9,11,15,17H,5-7,10H2,1-4H3/t11-,15?,17-,19-,20?/m1/s1. The molecule has 1 heterocycles. The SMILES string of the molecule is CCCc1cc2c3c(c1)N=C(C)[C@]1(C)[C@H]4C[C@@H](C)C(C2)C341. The predicted molar refractivity (Wildman–Crippen MR) is 87.5 cm³/mol. The molecule has 2 saturated carbocycles. The number of rotatable bonds is 2. The monoisotopic (exact) mass is 279 g/mol. The van der Waals surface area contributed by atoms with E-state index >= 15 is 0 Å². The number of fused-ring (bicyclic) bond motifs is 1. The average Bonchev–Trinajstić information content (AvgIpc) is 2.71. The second kappa shape index (κ2) is 3.45. The number of hydrogen-bond acceptors (Lipinski definition) is 1. The van der Waals surface area contributed by atoms with Gasteiger partial charge in [0.2, 0.25) is 0 Å². The number of nitrogens with zero attached hydrogens (tertiary/aromatic N) is 1. The zero-order valence-electron chi connectivity index (χ0n) is 13.7. The van der Waals surface area contributed by atoms with E-state index in [2.05, 4.69) is 39.8 Å². The van der Waals surface area contributed by atoms with Crippen LogP contribution in [0.1, 0.15) is 57.2 Å². The fourth-order valence-electron chi connectivity index (χ4n) is 6.77. The van der Waals surface area contributed by atoms with E-state index in [4.69, 9.17) is 4.99 Å². The summed E-state index contributed by atoms with van der Waals surface area (Å²) in [6, 6.07) is 4.93. The molecule has 0 saturated heterocycles. The second-order valence-electron chi connectivity index (χ2n) is 8.24. The summed E-state index contributed by atoms with van der Waals surface area (Å²) in [4.78, 5) is 5.09. The van der Waals surface area contributed by atoms with Crippen LogP contribution in [-0.2, 0) is 18.3 Å². The molecule has 1 spiro atoms. The first-order valence-electron chi connectivity index (χ1n) is 8.77. The summed E-state index contributed by atoms with van der Waals surface area (Å²) < 4.78 is 0. The summed E-state index contributed by atoms with van der Waals surface area (Å²) in [5.41, 5.74) is 8.45. The Kier molecular flexibility index (Phi) is 2.04. The molecule has 0 amide bonds. The fourth-order valence-corrected chi connectivity index (χ4v) is 6.77. The van der Waals surface area contributed by atoms with Crippen molar-refractivity contribution in [3.63, 3.8) is 0 Å². The number of benzene rings is 1. The zero-order valence-corrected chi connectivity index (χ0v) is 13.7. The van der Waals surface area contributed by atoms with E-state index in [9.17, 15) is 0 Å². The van der Waals surface area contributed by atoms with E-state index in [0.29, 0.717) is 10.8 Å². The van der Waals surface area contributed by atoms with Gasteiger partial charge in [0.1, 0.15) is 0 Å². The predicted octanol–water partition coefficient (Wildman–Crippen LogP) is 4.83. The molecule has 21 heavy (non-hydrogen) atoms. The van der Waals surface area contributed by atoms with Gasteiger partial charge in [-0.2, -0.15) is 0 Å². The molecular weight excluding hydrogens is 254 g/mol. The molecule has 110 valence electrons. The molecule has 1 nitrogen and oxygen atoms in total. The maximum absolute atomic E-state index is 5.09. The van der Waals surface area contributed by atoms with E-state index in [-0.39, 0.29) is 0 Å². The summed E-state index contributed by atoms with van der Waals surface area (Å²) in [6.45, 7) is 9.57. The Balaban J connectivity index is 1.79. The molecular formula is C20H25N. The van der Waals surface area contributed by atoms with Crippen molar-refractivity contribution in [2.45, 2.75) is 58.8 Å². The van der Waals surface area contributed by atoms with Gasteiger partial charge in [0.25, 0.3) is 0 Å². The molecule has 2 unspecified atom stereocenters. The third-order valence-electron chi connectivity index (χ3n) is 7.59. The lowest BCUT2D eigenvalue weighted by Crippen LogP contribution is -2.31. The topological polar surface area (TPSA) is 12.4 Å². The van der Waals surface area contributed by atoms with Crippen molar-refractivity contribution in [2.24, 2.45) is 28.2 Å². The van der Waals surface area contributed by atoms with Crippen LogP contribution in [-0.4, -0.2) is 5.71 Å². The van der Waals surface area contributed by atoms with Crippen molar-refractivity contribution >= 4 is 11.4 Å². The van der Waals surface area contributed by atoms with Crippen LogP contribution in [0.2, 0.25) is 0 Å². The third-order valence-corrected chi connectivity index (χ3v) is 7.59. The molecule has 1 heteroatoms. The summed E-state index contributed by atoms with van der Waals surface area (Å²) in [5.74, 6) is 2.64. The van der Waals surface area contributed by atoms with Crippen molar-refractivity contribution in [3.8, 4) is 0 Å². The van der Waals surface area contributed by atoms with Gasteiger partial charge in [-0.25, -0.2) is 0 Å². The summed E-state index contributed by atoms with van der Waals surface area (Å²) in [5, 5.41) is 0. The van der Waals surface area contributed by atoms with Gasteiger partial charge in [-0.3, -0.25) is 4.99 Å². The van der Waals surface area contributed by atoms with Gasteiger partial charge in [-0.1, -0.05) is 33.3 Å². The molecule has 1 aliphatic heterocycles. The lowest BCUT2D eigenvalue weighted by molar-refractivity contribution is 0.301. The first kappa shape index (κ1) is 12.4. The summed E-state index contributed by atoms with van der Waals surface area (Å²) in [6.07, 6.45) is 5.16.